The lowest BCUT2D eigenvalue weighted by Gasteiger charge is -2.20. The maximum Gasteiger partial charge on any atom is 0.137 e. The molecule has 0 bridgehead atoms. The number of nitrogens with zero attached hydrogens (tertiary/aromatic N) is 3. The molecule has 0 N–H and O–H groups in total. The van der Waals surface area contributed by atoms with Crippen LogP contribution in [0.4, 0.5) is 0 Å². The number of methoxy groups -OCH3 is 1. The standard InChI is InChI=1S/C34H29N3O/c1-34(2,3)22-18-19-35-31(20-22)37-30-21-24(38-4)14-15-25(30)26-16-17-29-32(33(26)37)27-12-8-9-13-28(27)36(29)23-10-6-5-7-11-23/h5-21H,1-4H3. The predicted molar refractivity (Wildman–Crippen MR) is 158 cm³/mol. The Morgan fingerprint density at radius 1 is 0.658 bits per heavy atom. The molecule has 7 aromatic rings. The van der Waals surface area contributed by atoms with Gasteiger partial charge in [-0.15, -0.1) is 0 Å². The van der Waals surface area contributed by atoms with Crippen molar-refractivity contribution < 1.29 is 4.74 Å². The van der Waals surface area contributed by atoms with Crippen LogP contribution in [0.3, 0.4) is 0 Å². The fourth-order valence-corrected chi connectivity index (χ4v) is 5.76. The summed E-state index contributed by atoms with van der Waals surface area (Å²) in [5, 5.41) is 4.83. The van der Waals surface area contributed by atoms with Crippen LogP contribution in [-0.4, -0.2) is 21.2 Å². The number of benzene rings is 4. The van der Waals surface area contributed by atoms with Crippen molar-refractivity contribution in [2.45, 2.75) is 26.2 Å². The van der Waals surface area contributed by atoms with Crippen molar-refractivity contribution in [2.24, 2.45) is 0 Å². The van der Waals surface area contributed by atoms with Crippen molar-refractivity contribution in [2.75, 3.05) is 7.11 Å². The Kier molecular flexibility index (Phi) is 4.89. The molecule has 7 rings (SSSR count). The molecular weight excluding hydrogens is 466 g/mol. The molecule has 0 radical (unpaired) electrons. The van der Waals surface area contributed by atoms with Gasteiger partial charge in [0.15, 0.2) is 0 Å². The van der Waals surface area contributed by atoms with E-state index in [1.54, 1.807) is 7.11 Å². The summed E-state index contributed by atoms with van der Waals surface area (Å²) in [6, 6.07) is 34.5. The number of pyridine rings is 1. The number of hydrogen-bond acceptors (Lipinski definition) is 2. The van der Waals surface area contributed by atoms with Gasteiger partial charge in [0.1, 0.15) is 11.6 Å². The normalized spacial score (nSPS) is 12.2. The predicted octanol–water partition coefficient (Wildman–Crippen LogP) is 8.58. The molecule has 4 aromatic carbocycles. The van der Waals surface area contributed by atoms with E-state index in [0.717, 1.165) is 28.3 Å². The third-order valence-corrected chi connectivity index (χ3v) is 7.63. The van der Waals surface area contributed by atoms with Crippen LogP contribution in [0.25, 0.3) is 55.1 Å². The van der Waals surface area contributed by atoms with E-state index in [9.17, 15) is 0 Å². The van der Waals surface area contributed by atoms with E-state index in [-0.39, 0.29) is 5.41 Å². The van der Waals surface area contributed by atoms with Crippen LogP contribution in [-0.2, 0) is 5.41 Å². The summed E-state index contributed by atoms with van der Waals surface area (Å²) in [6.45, 7) is 6.73. The van der Waals surface area contributed by atoms with Gasteiger partial charge >= 0.3 is 0 Å². The fraction of sp³-hybridized carbons (Fsp3) is 0.147. The molecule has 0 aliphatic carbocycles. The monoisotopic (exact) mass is 495 g/mol. The minimum atomic E-state index is 0.00674. The van der Waals surface area contributed by atoms with Crippen LogP contribution < -0.4 is 4.74 Å². The summed E-state index contributed by atoms with van der Waals surface area (Å²) in [4.78, 5) is 4.92. The van der Waals surface area contributed by atoms with Crippen molar-refractivity contribution in [1.82, 2.24) is 14.1 Å². The largest absolute Gasteiger partial charge is 0.497 e. The third kappa shape index (κ3) is 3.26. The lowest BCUT2D eigenvalue weighted by Crippen LogP contribution is -2.12. The Morgan fingerprint density at radius 2 is 1.42 bits per heavy atom. The lowest BCUT2D eigenvalue weighted by atomic mass is 9.88. The van der Waals surface area contributed by atoms with E-state index >= 15 is 0 Å². The molecule has 3 heterocycles. The zero-order valence-electron chi connectivity index (χ0n) is 22.1. The molecule has 0 aliphatic rings. The first-order valence-electron chi connectivity index (χ1n) is 13.0. The molecule has 0 aliphatic heterocycles. The molecule has 186 valence electrons. The highest BCUT2D eigenvalue weighted by Gasteiger charge is 2.22. The Hall–Kier alpha value is -4.57. The van der Waals surface area contributed by atoms with Gasteiger partial charge in [0.05, 0.1) is 29.2 Å². The van der Waals surface area contributed by atoms with Gasteiger partial charge in [-0.2, -0.15) is 0 Å². The maximum absolute atomic E-state index is 5.67. The Balaban J connectivity index is 1.71. The topological polar surface area (TPSA) is 32.0 Å². The summed E-state index contributed by atoms with van der Waals surface area (Å²) in [5.41, 5.74) is 7.01. The van der Waals surface area contributed by atoms with E-state index in [1.807, 2.05) is 12.3 Å². The summed E-state index contributed by atoms with van der Waals surface area (Å²) in [5.74, 6) is 1.74. The molecule has 38 heavy (non-hydrogen) atoms. The first kappa shape index (κ1) is 22.6. The molecule has 0 atom stereocenters. The third-order valence-electron chi connectivity index (χ3n) is 7.63. The molecule has 0 saturated carbocycles. The molecule has 4 heteroatoms. The summed E-state index contributed by atoms with van der Waals surface area (Å²) in [7, 11) is 1.72. The SMILES string of the molecule is COc1ccc2c3ccc4c(c5ccccc5n4-c4ccccc4)c3n(-c3cc(C(C)(C)C)ccn3)c2c1. The van der Waals surface area contributed by atoms with Gasteiger partial charge in [-0.05, 0) is 59.5 Å². The maximum atomic E-state index is 5.67. The average Bonchev–Trinajstić information content (AvgIpc) is 3.45. The molecule has 0 fully saturated rings. The van der Waals surface area contributed by atoms with E-state index in [1.165, 1.54) is 38.1 Å². The Bertz CT molecular complexity index is 1990. The first-order valence-corrected chi connectivity index (χ1v) is 13.0. The Morgan fingerprint density at radius 3 is 2.21 bits per heavy atom. The quantitative estimate of drug-likeness (QED) is 0.246. The highest BCUT2D eigenvalue weighted by molar-refractivity contribution is 6.26. The van der Waals surface area contributed by atoms with Crippen molar-refractivity contribution in [3.8, 4) is 17.3 Å². The second-order valence-corrected chi connectivity index (χ2v) is 10.9. The summed E-state index contributed by atoms with van der Waals surface area (Å²) in [6.07, 6.45) is 1.93. The van der Waals surface area contributed by atoms with Crippen molar-refractivity contribution in [1.29, 1.82) is 0 Å². The zero-order valence-corrected chi connectivity index (χ0v) is 22.1. The van der Waals surface area contributed by atoms with Crippen LogP contribution >= 0.6 is 0 Å². The van der Waals surface area contributed by atoms with Gasteiger partial charge in [0.2, 0.25) is 0 Å². The number of hydrogen-bond donors (Lipinski definition) is 0. The van der Waals surface area contributed by atoms with Gasteiger partial charge in [0, 0.05) is 39.5 Å². The molecular formula is C34H29N3O. The van der Waals surface area contributed by atoms with Gasteiger partial charge in [0.25, 0.3) is 0 Å². The molecule has 0 spiro atoms. The Labute approximate surface area is 221 Å². The average molecular weight is 496 g/mol. The van der Waals surface area contributed by atoms with Crippen LogP contribution in [0.2, 0.25) is 0 Å². The van der Waals surface area contributed by atoms with E-state index < -0.39 is 0 Å². The van der Waals surface area contributed by atoms with Crippen LogP contribution in [0.15, 0.2) is 103 Å². The van der Waals surface area contributed by atoms with E-state index in [2.05, 4.69) is 121 Å². The zero-order chi connectivity index (χ0) is 26.0. The number of para-hydroxylation sites is 2. The molecule has 0 amide bonds. The molecule has 3 aromatic heterocycles. The van der Waals surface area contributed by atoms with Crippen molar-refractivity contribution >= 4 is 43.6 Å². The van der Waals surface area contributed by atoms with Gasteiger partial charge < -0.3 is 9.30 Å². The lowest BCUT2D eigenvalue weighted by molar-refractivity contribution is 0.415. The molecule has 0 unspecified atom stereocenters. The number of aromatic nitrogens is 3. The van der Waals surface area contributed by atoms with E-state index in [0.29, 0.717) is 0 Å². The highest BCUT2D eigenvalue weighted by Crippen LogP contribution is 2.42. The van der Waals surface area contributed by atoms with Crippen LogP contribution in [0, 0.1) is 0 Å². The van der Waals surface area contributed by atoms with Crippen molar-refractivity contribution in [3.05, 3.63) is 109 Å². The van der Waals surface area contributed by atoms with Gasteiger partial charge in [-0.3, -0.25) is 4.57 Å². The van der Waals surface area contributed by atoms with Gasteiger partial charge in [-0.25, -0.2) is 4.98 Å². The van der Waals surface area contributed by atoms with Crippen LogP contribution in [0.1, 0.15) is 26.3 Å². The smallest absolute Gasteiger partial charge is 0.137 e. The molecule has 4 nitrogen and oxygen atoms in total. The number of ether oxygens (including phenoxy) is 1. The number of fused-ring (bicyclic) bond motifs is 7. The number of rotatable bonds is 3. The first-order chi connectivity index (χ1) is 18.5. The van der Waals surface area contributed by atoms with Crippen molar-refractivity contribution in [3.63, 3.8) is 0 Å². The summed E-state index contributed by atoms with van der Waals surface area (Å²) >= 11 is 0. The van der Waals surface area contributed by atoms with Crippen LogP contribution in [0.5, 0.6) is 5.75 Å². The van der Waals surface area contributed by atoms with E-state index in [4.69, 9.17) is 9.72 Å². The summed E-state index contributed by atoms with van der Waals surface area (Å²) < 4.78 is 10.4. The fourth-order valence-electron chi connectivity index (χ4n) is 5.76. The minimum absolute atomic E-state index is 0.00674. The van der Waals surface area contributed by atoms with Gasteiger partial charge in [-0.1, -0.05) is 63.2 Å². The highest BCUT2D eigenvalue weighted by atomic mass is 16.5. The second kappa shape index (κ2) is 8.22. The molecule has 0 saturated heterocycles. The second-order valence-electron chi connectivity index (χ2n) is 10.9. The minimum Gasteiger partial charge on any atom is -0.497 e.